The Bertz CT molecular complexity index is 1170. The van der Waals surface area contributed by atoms with Crippen LogP contribution >= 0.6 is 0 Å². The third-order valence-electron chi connectivity index (χ3n) is 4.61. The van der Waals surface area contributed by atoms with Gasteiger partial charge in [0, 0.05) is 24.2 Å². The van der Waals surface area contributed by atoms with E-state index in [-0.39, 0.29) is 18.1 Å². The Labute approximate surface area is 160 Å². The molecule has 0 amide bonds. The monoisotopic (exact) mass is 405 g/mol. The van der Waals surface area contributed by atoms with Gasteiger partial charge in [0.05, 0.1) is 17.0 Å². The Morgan fingerprint density at radius 3 is 2.79 bits per heavy atom. The van der Waals surface area contributed by atoms with Gasteiger partial charge >= 0.3 is 0 Å². The van der Waals surface area contributed by atoms with Crippen molar-refractivity contribution in [1.29, 1.82) is 0 Å². The average Bonchev–Trinajstić information content (AvgIpc) is 3.29. The highest BCUT2D eigenvalue weighted by molar-refractivity contribution is 7.92. The van der Waals surface area contributed by atoms with Gasteiger partial charge < -0.3 is 4.98 Å². The van der Waals surface area contributed by atoms with Gasteiger partial charge in [0.25, 0.3) is 0 Å². The van der Waals surface area contributed by atoms with E-state index in [1.54, 1.807) is 18.3 Å². The van der Waals surface area contributed by atoms with E-state index in [1.807, 2.05) is 0 Å². The van der Waals surface area contributed by atoms with Crippen LogP contribution in [0.3, 0.4) is 0 Å². The second kappa shape index (κ2) is 6.97. The van der Waals surface area contributed by atoms with Crippen molar-refractivity contribution in [2.24, 2.45) is 5.92 Å². The van der Waals surface area contributed by atoms with Gasteiger partial charge in [0.1, 0.15) is 11.5 Å². The summed E-state index contributed by atoms with van der Waals surface area (Å²) < 4.78 is 55.3. The molecule has 0 radical (unpaired) electrons. The quantitative estimate of drug-likeness (QED) is 0.589. The highest BCUT2D eigenvalue weighted by Crippen LogP contribution is 2.31. The Balaban J connectivity index is 1.59. The number of pyridine rings is 1. The molecule has 3 aromatic rings. The number of anilines is 1. The molecule has 1 saturated carbocycles. The number of nitrogens with zero attached hydrogens (tertiary/aromatic N) is 1. The van der Waals surface area contributed by atoms with Gasteiger partial charge in [0.15, 0.2) is 11.6 Å². The average molecular weight is 405 g/mol. The number of hydrogen-bond donors (Lipinski definition) is 2. The van der Waals surface area contributed by atoms with Crippen LogP contribution in [0.1, 0.15) is 28.8 Å². The smallest absolute Gasteiger partial charge is 0.233 e. The van der Waals surface area contributed by atoms with Crippen molar-refractivity contribution < 1.29 is 22.0 Å². The molecule has 2 heterocycles. The predicted molar refractivity (Wildman–Crippen MR) is 101 cm³/mol. The number of sulfonamides is 1. The number of carbonyl (C=O) groups excluding carboxylic acids is 1. The number of halogens is 2. The molecule has 2 N–H and O–H groups in total. The molecular weight excluding hydrogens is 388 g/mol. The van der Waals surface area contributed by atoms with Crippen molar-refractivity contribution in [3.05, 3.63) is 59.4 Å². The first-order valence-electron chi connectivity index (χ1n) is 8.76. The van der Waals surface area contributed by atoms with E-state index in [2.05, 4.69) is 14.7 Å². The fourth-order valence-corrected chi connectivity index (χ4v) is 4.58. The van der Waals surface area contributed by atoms with Crippen LogP contribution in [0.2, 0.25) is 0 Å². The molecular formula is C19H17F2N3O3S. The molecule has 9 heteroatoms. The molecule has 1 aliphatic carbocycles. The number of aromatic amines is 1. The first-order chi connectivity index (χ1) is 13.3. The van der Waals surface area contributed by atoms with E-state index in [9.17, 15) is 22.0 Å². The number of Topliss-reactive ketones (excluding diaryl/α,β-unsaturated/α-hetero) is 1. The van der Waals surface area contributed by atoms with E-state index in [0.29, 0.717) is 11.2 Å². The SMILES string of the molecule is O=C(Cc1cnc2[nH]ccc2c1)c1c(F)ccc(NS(=O)(=O)CC2CC2)c1F. The third kappa shape index (κ3) is 3.89. The van der Waals surface area contributed by atoms with E-state index >= 15 is 0 Å². The maximum Gasteiger partial charge on any atom is 0.233 e. The fourth-order valence-electron chi connectivity index (χ4n) is 3.05. The highest BCUT2D eigenvalue weighted by Gasteiger charge is 2.29. The first kappa shape index (κ1) is 18.5. The van der Waals surface area contributed by atoms with Crippen LogP contribution < -0.4 is 4.72 Å². The highest BCUT2D eigenvalue weighted by atomic mass is 32.2. The van der Waals surface area contributed by atoms with Gasteiger partial charge in [-0.25, -0.2) is 22.2 Å². The van der Waals surface area contributed by atoms with E-state index in [0.717, 1.165) is 30.4 Å². The number of hydrogen-bond acceptors (Lipinski definition) is 4. The summed E-state index contributed by atoms with van der Waals surface area (Å²) in [5.74, 6) is -3.09. The number of carbonyl (C=O) groups is 1. The number of nitrogens with one attached hydrogen (secondary N) is 2. The second-order valence-corrected chi connectivity index (χ2v) is 8.74. The number of fused-ring (bicyclic) bond motifs is 1. The molecule has 0 aliphatic heterocycles. The summed E-state index contributed by atoms with van der Waals surface area (Å²) in [7, 11) is -3.76. The van der Waals surface area contributed by atoms with Crippen molar-refractivity contribution in [3.63, 3.8) is 0 Å². The van der Waals surface area contributed by atoms with Crippen LogP contribution in [0, 0.1) is 17.6 Å². The molecule has 1 aromatic carbocycles. The molecule has 28 heavy (non-hydrogen) atoms. The molecule has 0 atom stereocenters. The van der Waals surface area contributed by atoms with Gasteiger partial charge in [-0.15, -0.1) is 0 Å². The largest absolute Gasteiger partial charge is 0.346 e. The third-order valence-corrected chi connectivity index (χ3v) is 6.05. The standard InChI is InChI=1S/C19H17F2N3O3S/c20-14-3-4-15(24-28(26,27)10-11-1-2-11)18(21)17(14)16(25)8-12-7-13-5-6-22-19(13)23-9-12/h3-7,9,11,24H,1-2,8,10H2,(H,22,23). The summed E-state index contributed by atoms with van der Waals surface area (Å²) in [5, 5.41) is 0.771. The van der Waals surface area contributed by atoms with Crippen LogP contribution in [0.15, 0.2) is 36.7 Å². The number of ketones is 1. The Morgan fingerprint density at radius 1 is 1.25 bits per heavy atom. The van der Waals surface area contributed by atoms with E-state index < -0.39 is 38.7 Å². The molecule has 6 nitrogen and oxygen atoms in total. The lowest BCUT2D eigenvalue weighted by molar-refractivity contribution is 0.0985. The van der Waals surface area contributed by atoms with Crippen LogP contribution in [0.5, 0.6) is 0 Å². The number of rotatable bonds is 7. The van der Waals surface area contributed by atoms with Gasteiger partial charge in [0.2, 0.25) is 10.0 Å². The van der Waals surface area contributed by atoms with Crippen molar-refractivity contribution in [2.45, 2.75) is 19.3 Å². The number of benzene rings is 1. The van der Waals surface area contributed by atoms with E-state index in [4.69, 9.17) is 0 Å². The molecule has 1 fully saturated rings. The van der Waals surface area contributed by atoms with Crippen LogP contribution in [0.25, 0.3) is 11.0 Å². The Hall–Kier alpha value is -2.81. The molecule has 0 saturated heterocycles. The fraction of sp³-hybridized carbons (Fsp3) is 0.263. The van der Waals surface area contributed by atoms with Crippen molar-refractivity contribution >= 4 is 32.5 Å². The maximum absolute atomic E-state index is 14.8. The summed E-state index contributed by atoms with van der Waals surface area (Å²) in [5.41, 5.74) is -0.0540. The maximum atomic E-state index is 14.8. The normalized spacial score (nSPS) is 14.4. The minimum Gasteiger partial charge on any atom is -0.346 e. The summed E-state index contributed by atoms with van der Waals surface area (Å²) in [6.07, 6.45) is 4.51. The zero-order valence-corrected chi connectivity index (χ0v) is 15.5. The molecule has 0 spiro atoms. The Morgan fingerprint density at radius 2 is 2.04 bits per heavy atom. The lowest BCUT2D eigenvalue weighted by Gasteiger charge is -2.12. The second-order valence-electron chi connectivity index (χ2n) is 6.97. The van der Waals surface area contributed by atoms with Gasteiger partial charge in [-0.05, 0) is 48.6 Å². The topological polar surface area (TPSA) is 91.9 Å². The van der Waals surface area contributed by atoms with Crippen molar-refractivity contribution in [2.75, 3.05) is 10.5 Å². The number of H-pyrrole nitrogens is 1. The van der Waals surface area contributed by atoms with Gasteiger partial charge in [-0.1, -0.05) is 0 Å². The summed E-state index contributed by atoms with van der Waals surface area (Å²) >= 11 is 0. The van der Waals surface area contributed by atoms with Gasteiger partial charge in [-0.3, -0.25) is 9.52 Å². The molecule has 0 bridgehead atoms. The molecule has 146 valence electrons. The minimum absolute atomic E-state index is 0.0676. The lowest BCUT2D eigenvalue weighted by atomic mass is 10.0. The first-order valence-corrected chi connectivity index (χ1v) is 10.4. The molecule has 4 rings (SSSR count). The number of aromatic nitrogens is 2. The molecule has 1 aliphatic rings. The van der Waals surface area contributed by atoms with Crippen LogP contribution in [-0.2, 0) is 16.4 Å². The van der Waals surface area contributed by atoms with E-state index in [1.165, 1.54) is 6.20 Å². The minimum atomic E-state index is -3.76. The van der Waals surface area contributed by atoms with Crippen LogP contribution in [0.4, 0.5) is 14.5 Å². The van der Waals surface area contributed by atoms with Crippen LogP contribution in [-0.4, -0.2) is 29.9 Å². The van der Waals surface area contributed by atoms with Gasteiger partial charge in [-0.2, -0.15) is 0 Å². The molecule has 2 aromatic heterocycles. The van der Waals surface area contributed by atoms with Crippen molar-refractivity contribution in [1.82, 2.24) is 9.97 Å². The van der Waals surface area contributed by atoms with Crippen molar-refractivity contribution in [3.8, 4) is 0 Å². The predicted octanol–water partition coefficient (Wildman–Crippen LogP) is 3.42. The Kier molecular flexibility index (Phi) is 4.62. The zero-order chi connectivity index (χ0) is 19.9. The lowest BCUT2D eigenvalue weighted by Crippen LogP contribution is -2.20. The summed E-state index contributed by atoms with van der Waals surface area (Å²) in [6.45, 7) is 0. The molecule has 0 unspecified atom stereocenters. The zero-order valence-electron chi connectivity index (χ0n) is 14.7. The summed E-state index contributed by atoms with van der Waals surface area (Å²) in [4.78, 5) is 19.6. The summed E-state index contributed by atoms with van der Waals surface area (Å²) in [6, 6.07) is 5.35.